The van der Waals surface area contributed by atoms with Crippen LogP contribution in [0.4, 0.5) is 0 Å². The summed E-state index contributed by atoms with van der Waals surface area (Å²) in [6.07, 6.45) is 9.08. The van der Waals surface area contributed by atoms with Crippen LogP contribution in [0.3, 0.4) is 0 Å². The van der Waals surface area contributed by atoms with Gasteiger partial charge in [-0.05, 0) is 47.6 Å². The highest BCUT2D eigenvalue weighted by molar-refractivity contribution is 5.64. The molecule has 0 fully saturated rings. The van der Waals surface area contributed by atoms with Crippen LogP contribution in [0.2, 0.25) is 0 Å². The lowest BCUT2D eigenvalue weighted by Gasteiger charge is -1.95. The molecule has 2 aromatic rings. The Bertz CT molecular complexity index is 630. The van der Waals surface area contributed by atoms with Crippen molar-refractivity contribution in [2.24, 2.45) is 0 Å². The third kappa shape index (κ3) is 3.01. The first-order chi connectivity index (χ1) is 8.81. The molecule has 0 saturated carbocycles. The van der Waals surface area contributed by atoms with Crippen LogP contribution in [-0.2, 0) is 0 Å². The molecular formula is C17H18O. The van der Waals surface area contributed by atoms with Gasteiger partial charge in [0.05, 0.1) is 6.26 Å². The summed E-state index contributed by atoms with van der Waals surface area (Å²) in [5, 5.41) is 2.57. The van der Waals surface area contributed by atoms with Crippen LogP contribution in [0.5, 0.6) is 0 Å². The van der Waals surface area contributed by atoms with E-state index in [0.717, 1.165) is 12.2 Å². The number of rotatable bonds is 3. The lowest BCUT2D eigenvalue weighted by Crippen LogP contribution is -2.25. The van der Waals surface area contributed by atoms with E-state index in [4.69, 9.17) is 4.42 Å². The third-order valence-electron chi connectivity index (χ3n) is 2.85. The number of allylic oxidation sites excluding steroid dienone is 1. The minimum atomic E-state index is 0.881. The maximum absolute atomic E-state index is 5.29. The van der Waals surface area contributed by atoms with Crippen molar-refractivity contribution in [2.75, 3.05) is 0 Å². The SMILES string of the molecule is CC/C=c1/cccc/c1=C(C)\C=C\c1ccco1. The van der Waals surface area contributed by atoms with Gasteiger partial charge in [0, 0.05) is 0 Å². The van der Waals surface area contributed by atoms with Gasteiger partial charge < -0.3 is 4.42 Å². The summed E-state index contributed by atoms with van der Waals surface area (Å²) in [7, 11) is 0. The molecule has 0 amide bonds. The molecule has 0 saturated heterocycles. The largest absolute Gasteiger partial charge is 0.465 e. The fraction of sp³-hybridized carbons (Fsp3) is 0.176. The molecule has 0 radical (unpaired) electrons. The van der Waals surface area contributed by atoms with Crippen molar-refractivity contribution in [1.29, 1.82) is 0 Å². The first kappa shape index (κ1) is 12.4. The predicted molar refractivity (Wildman–Crippen MR) is 77.3 cm³/mol. The van der Waals surface area contributed by atoms with E-state index >= 15 is 0 Å². The van der Waals surface area contributed by atoms with Gasteiger partial charge in [0.15, 0.2) is 0 Å². The molecule has 1 heterocycles. The number of benzene rings is 1. The van der Waals surface area contributed by atoms with E-state index in [-0.39, 0.29) is 0 Å². The van der Waals surface area contributed by atoms with Crippen LogP contribution in [0, 0.1) is 0 Å². The molecule has 2 rings (SSSR count). The highest BCUT2D eigenvalue weighted by Gasteiger charge is 1.91. The monoisotopic (exact) mass is 238 g/mol. The smallest absolute Gasteiger partial charge is 0.126 e. The van der Waals surface area contributed by atoms with Gasteiger partial charge in [-0.15, -0.1) is 0 Å². The molecule has 1 nitrogen and oxygen atoms in total. The molecular weight excluding hydrogens is 220 g/mol. The van der Waals surface area contributed by atoms with Gasteiger partial charge in [-0.2, -0.15) is 0 Å². The molecule has 1 aromatic heterocycles. The van der Waals surface area contributed by atoms with Crippen molar-refractivity contribution in [1.82, 2.24) is 0 Å². The Balaban J connectivity index is 2.45. The van der Waals surface area contributed by atoms with Gasteiger partial charge in [0.1, 0.15) is 5.76 Å². The Kier molecular flexibility index (Phi) is 4.19. The molecule has 0 spiro atoms. The van der Waals surface area contributed by atoms with Crippen LogP contribution >= 0.6 is 0 Å². The fourth-order valence-electron chi connectivity index (χ4n) is 1.94. The zero-order chi connectivity index (χ0) is 12.8. The summed E-state index contributed by atoms with van der Waals surface area (Å²) in [5.41, 5.74) is 1.24. The Morgan fingerprint density at radius 2 is 2.00 bits per heavy atom. The Hall–Kier alpha value is -2.02. The average Bonchev–Trinajstić information content (AvgIpc) is 2.90. The first-order valence-electron chi connectivity index (χ1n) is 6.29. The number of hydrogen-bond donors (Lipinski definition) is 0. The summed E-state index contributed by atoms with van der Waals surface area (Å²) < 4.78 is 5.29. The molecule has 1 aromatic carbocycles. The maximum Gasteiger partial charge on any atom is 0.126 e. The van der Waals surface area contributed by atoms with Gasteiger partial charge in [-0.3, -0.25) is 0 Å². The predicted octanol–water partition coefficient (Wildman–Crippen LogP) is 3.35. The topological polar surface area (TPSA) is 13.1 Å². The van der Waals surface area contributed by atoms with Crippen molar-refractivity contribution in [2.45, 2.75) is 20.3 Å². The second-order valence-corrected chi connectivity index (χ2v) is 4.23. The molecule has 0 N–H and O–H groups in total. The number of furan rings is 1. The summed E-state index contributed by atoms with van der Waals surface area (Å²) in [6.45, 7) is 4.28. The van der Waals surface area contributed by atoms with E-state index in [0.29, 0.717) is 0 Å². The van der Waals surface area contributed by atoms with Crippen LogP contribution in [0.1, 0.15) is 26.0 Å². The van der Waals surface area contributed by atoms with Crippen molar-refractivity contribution < 1.29 is 4.42 Å². The average molecular weight is 238 g/mol. The van der Waals surface area contributed by atoms with E-state index in [1.807, 2.05) is 18.2 Å². The molecule has 0 aliphatic rings. The normalized spacial score (nSPS) is 14.2. The van der Waals surface area contributed by atoms with Crippen LogP contribution in [-0.4, -0.2) is 0 Å². The van der Waals surface area contributed by atoms with Crippen molar-refractivity contribution >= 4 is 17.7 Å². The molecule has 92 valence electrons. The zero-order valence-electron chi connectivity index (χ0n) is 10.9. The van der Waals surface area contributed by atoms with Crippen molar-refractivity contribution in [3.63, 3.8) is 0 Å². The second-order valence-electron chi connectivity index (χ2n) is 4.23. The van der Waals surface area contributed by atoms with E-state index in [1.54, 1.807) is 6.26 Å². The molecule has 0 atom stereocenters. The highest BCUT2D eigenvalue weighted by atomic mass is 16.3. The molecule has 0 aliphatic carbocycles. The molecule has 1 heteroatoms. The van der Waals surface area contributed by atoms with Crippen LogP contribution in [0.15, 0.2) is 53.2 Å². The first-order valence-corrected chi connectivity index (χ1v) is 6.29. The molecule has 0 aliphatic heterocycles. The quantitative estimate of drug-likeness (QED) is 0.799. The van der Waals surface area contributed by atoms with Gasteiger partial charge in [0.2, 0.25) is 0 Å². The lowest BCUT2D eigenvalue weighted by molar-refractivity contribution is 0.557. The summed E-state index contributed by atoms with van der Waals surface area (Å²) in [6, 6.07) is 12.3. The Labute approximate surface area is 108 Å². The van der Waals surface area contributed by atoms with Crippen molar-refractivity contribution in [3.05, 3.63) is 64.9 Å². The van der Waals surface area contributed by atoms with Gasteiger partial charge in [-0.25, -0.2) is 0 Å². The molecule has 0 bridgehead atoms. The summed E-state index contributed by atoms with van der Waals surface area (Å²) >= 11 is 0. The number of hydrogen-bond acceptors (Lipinski definition) is 1. The summed E-state index contributed by atoms with van der Waals surface area (Å²) in [5.74, 6) is 0.881. The van der Waals surface area contributed by atoms with Crippen LogP contribution < -0.4 is 10.4 Å². The third-order valence-corrected chi connectivity index (χ3v) is 2.85. The zero-order valence-corrected chi connectivity index (χ0v) is 10.9. The van der Waals surface area contributed by atoms with E-state index in [2.05, 4.69) is 50.3 Å². The lowest BCUT2D eigenvalue weighted by atomic mass is 10.1. The standard InChI is InChI=1S/C17H18O/c1-3-7-15-8-4-5-10-17(15)14(2)11-12-16-9-6-13-18-16/h4-13H,3H2,1-2H3/b12-11+,15-7-,17-14+. The minimum Gasteiger partial charge on any atom is -0.465 e. The van der Waals surface area contributed by atoms with Crippen molar-refractivity contribution in [3.8, 4) is 0 Å². The van der Waals surface area contributed by atoms with Gasteiger partial charge >= 0.3 is 0 Å². The van der Waals surface area contributed by atoms with E-state index < -0.39 is 0 Å². The van der Waals surface area contributed by atoms with E-state index in [1.165, 1.54) is 16.0 Å². The van der Waals surface area contributed by atoms with Gasteiger partial charge in [-0.1, -0.05) is 43.3 Å². The maximum atomic E-state index is 5.29. The Morgan fingerprint density at radius 1 is 1.17 bits per heavy atom. The second kappa shape index (κ2) is 6.06. The Morgan fingerprint density at radius 3 is 2.72 bits per heavy atom. The fourth-order valence-corrected chi connectivity index (χ4v) is 1.94. The van der Waals surface area contributed by atoms with E-state index in [9.17, 15) is 0 Å². The minimum absolute atomic E-state index is 0.881. The summed E-state index contributed by atoms with van der Waals surface area (Å²) in [4.78, 5) is 0. The van der Waals surface area contributed by atoms with Crippen LogP contribution in [0.25, 0.3) is 17.7 Å². The molecule has 0 unspecified atom stereocenters. The molecule has 18 heavy (non-hydrogen) atoms. The van der Waals surface area contributed by atoms with Gasteiger partial charge in [0.25, 0.3) is 0 Å². The highest BCUT2D eigenvalue weighted by Crippen LogP contribution is 2.04.